The maximum Gasteiger partial charge on any atom is 0.267 e. The van der Waals surface area contributed by atoms with Gasteiger partial charge in [0.1, 0.15) is 5.75 Å². The Kier molecular flexibility index (Phi) is 6.77. The Morgan fingerprint density at radius 2 is 1.81 bits per heavy atom. The third-order valence-electron chi connectivity index (χ3n) is 4.53. The second kappa shape index (κ2) is 8.83. The standard InChI is InChI=1S/C20H28N2O4/c1-5-11-22(12-6-2)19(24)10-8-17(23)15-7-9-18-16(13-15)21(4)20(25)14(3)26-18/h7,9,13-14H,5-6,8,10-12H2,1-4H3. The van der Waals surface area contributed by atoms with Gasteiger partial charge >= 0.3 is 0 Å². The predicted molar refractivity (Wildman–Crippen MR) is 101 cm³/mol. The van der Waals surface area contributed by atoms with Crippen LogP contribution < -0.4 is 9.64 Å². The van der Waals surface area contributed by atoms with E-state index in [1.807, 2.05) is 18.7 Å². The lowest BCUT2D eigenvalue weighted by Crippen LogP contribution is -2.42. The van der Waals surface area contributed by atoms with Crippen LogP contribution in [0.15, 0.2) is 18.2 Å². The molecule has 0 aromatic heterocycles. The lowest BCUT2D eigenvalue weighted by Gasteiger charge is -2.30. The van der Waals surface area contributed by atoms with Crippen molar-refractivity contribution in [2.24, 2.45) is 0 Å². The largest absolute Gasteiger partial charge is 0.479 e. The molecule has 0 spiro atoms. The van der Waals surface area contributed by atoms with E-state index < -0.39 is 6.10 Å². The second-order valence-corrected chi connectivity index (χ2v) is 6.64. The summed E-state index contributed by atoms with van der Waals surface area (Å²) in [6, 6.07) is 5.07. The van der Waals surface area contributed by atoms with E-state index in [2.05, 4.69) is 0 Å². The molecule has 6 nitrogen and oxygen atoms in total. The van der Waals surface area contributed by atoms with Crippen molar-refractivity contribution in [3.63, 3.8) is 0 Å². The van der Waals surface area contributed by atoms with E-state index >= 15 is 0 Å². The predicted octanol–water partition coefficient (Wildman–Crippen LogP) is 3.04. The number of hydrogen-bond donors (Lipinski definition) is 0. The number of Topliss-reactive ketones (excluding diaryl/α,β-unsaturated/α-hetero) is 1. The number of benzene rings is 1. The van der Waals surface area contributed by atoms with Crippen LogP contribution in [-0.2, 0) is 9.59 Å². The molecule has 6 heteroatoms. The molecule has 1 aromatic rings. The number of rotatable bonds is 8. The molecule has 1 aromatic carbocycles. The first-order chi connectivity index (χ1) is 12.4. The molecule has 1 heterocycles. The van der Waals surface area contributed by atoms with Gasteiger partial charge in [0, 0.05) is 38.5 Å². The summed E-state index contributed by atoms with van der Waals surface area (Å²) < 4.78 is 5.57. The van der Waals surface area contributed by atoms with Crippen LogP contribution in [0.3, 0.4) is 0 Å². The highest BCUT2D eigenvalue weighted by molar-refractivity contribution is 6.03. The molecule has 2 rings (SSSR count). The summed E-state index contributed by atoms with van der Waals surface area (Å²) in [7, 11) is 1.67. The number of hydrogen-bond acceptors (Lipinski definition) is 4. The zero-order chi connectivity index (χ0) is 19.3. The van der Waals surface area contributed by atoms with Crippen molar-refractivity contribution in [3.05, 3.63) is 23.8 Å². The molecule has 0 fully saturated rings. The Morgan fingerprint density at radius 3 is 2.42 bits per heavy atom. The highest BCUT2D eigenvalue weighted by Gasteiger charge is 2.29. The van der Waals surface area contributed by atoms with Crippen LogP contribution in [0.5, 0.6) is 5.75 Å². The Morgan fingerprint density at radius 1 is 1.15 bits per heavy atom. The number of ether oxygens (including phenoxy) is 1. The van der Waals surface area contributed by atoms with E-state index in [9.17, 15) is 14.4 Å². The third-order valence-corrected chi connectivity index (χ3v) is 4.53. The molecular formula is C20H28N2O4. The van der Waals surface area contributed by atoms with E-state index in [4.69, 9.17) is 4.74 Å². The van der Waals surface area contributed by atoms with Crippen molar-refractivity contribution in [2.45, 2.75) is 52.6 Å². The quantitative estimate of drug-likeness (QED) is 0.668. The fourth-order valence-corrected chi connectivity index (χ4v) is 3.11. The summed E-state index contributed by atoms with van der Waals surface area (Å²) in [5.41, 5.74) is 1.08. The van der Waals surface area contributed by atoms with Gasteiger partial charge in [-0.2, -0.15) is 0 Å². The molecule has 0 radical (unpaired) electrons. The molecule has 2 amide bonds. The number of carbonyl (C=O) groups excluding carboxylic acids is 3. The van der Waals surface area contributed by atoms with Crippen molar-refractivity contribution >= 4 is 23.3 Å². The minimum atomic E-state index is -0.533. The Labute approximate surface area is 155 Å². The van der Waals surface area contributed by atoms with Crippen LogP contribution in [0.1, 0.15) is 56.8 Å². The van der Waals surface area contributed by atoms with Crippen LogP contribution in [0.4, 0.5) is 5.69 Å². The number of anilines is 1. The first kappa shape index (κ1) is 19.9. The monoisotopic (exact) mass is 360 g/mol. The van der Waals surface area contributed by atoms with Crippen molar-refractivity contribution < 1.29 is 19.1 Å². The van der Waals surface area contributed by atoms with Crippen LogP contribution >= 0.6 is 0 Å². The maximum absolute atomic E-state index is 12.5. The molecule has 0 bridgehead atoms. The molecule has 1 atom stereocenters. The summed E-state index contributed by atoms with van der Waals surface area (Å²) in [5, 5.41) is 0. The summed E-state index contributed by atoms with van der Waals surface area (Å²) in [4.78, 5) is 40.2. The molecule has 26 heavy (non-hydrogen) atoms. The summed E-state index contributed by atoms with van der Waals surface area (Å²) in [6.45, 7) is 7.22. The van der Waals surface area contributed by atoms with Crippen LogP contribution in [0, 0.1) is 0 Å². The van der Waals surface area contributed by atoms with Gasteiger partial charge in [-0.1, -0.05) is 13.8 Å². The van der Waals surface area contributed by atoms with Gasteiger partial charge in [0.05, 0.1) is 5.69 Å². The van der Waals surface area contributed by atoms with Crippen molar-refractivity contribution in [1.29, 1.82) is 0 Å². The molecule has 142 valence electrons. The number of ketones is 1. The summed E-state index contributed by atoms with van der Waals surface area (Å²) in [5.74, 6) is 0.356. The number of fused-ring (bicyclic) bond motifs is 1. The SMILES string of the molecule is CCCN(CCC)C(=O)CCC(=O)c1ccc2c(c1)N(C)C(=O)C(C)O2. The average Bonchev–Trinajstić information content (AvgIpc) is 2.63. The van der Waals surface area contributed by atoms with Crippen LogP contribution in [-0.4, -0.2) is 48.7 Å². The van der Waals surface area contributed by atoms with Gasteiger partial charge in [0.25, 0.3) is 5.91 Å². The van der Waals surface area contributed by atoms with Crippen LogP contribution in [0.2, 0.25) is 0 Å². The van der Waals surface area contributed by atoms with Gasteiger partial charge in [-0.05, 0) is 38.0 Å². The molecular weight excluding hydrogens is 332 g/mol. The Balaban J connectivity index is 2.04. The summed E-state index contributed by atoms with van der Waals surface area (Å²) in [6.07, 6.45) is 1.65. The first-order valence-electron chi connectivity index (χ1n) is 9.28. The lowest BCUT2D eigenvalue weighted by atomic mass is 10.0. The molecule has 1 aliphatic heterocycles. The topological polar surface area (TPSA) is 66.9 Å². The minimum absolute atomic E-state index is 0.0180. The Hall–Kier alpha value is -2.37. The van der Waals surface area contributed by atoms with Crippen molar-refractivity contribution in [2.75, 3.05) is 25.0 Å². The van der Waals surface area contributed by atoms with E-state index in [1.165, 1.54) is 4.90 Å². The first-order valence-corrected chi connectivity index (χ1v) is 9.28. The zero-order valence-electron chi connectivity index (χ0n) is 16.1. The number of carbonyl (C=O) groups is 3. The molecule has 0 aliphatic carbocycles. The van der Waals surface area contributed by atoms with E-state index in [1.54, 1.807) is 32.2 Å². The summed E-state index contributed by atoms with van der Waals surface area (Å²) >= 11 is 0. The lowest BCUT2D eigenvalue weighted by molar-refractivity contribution is -0.131. The molecule has 0 saturated heterocycles. The normalized spacial score (nSPS) is 16.1. The fraction of sp³-hybridized carbons (Fsp3) is 0.550. The van der Waals surface area contributed by atoms with Crippen molar-refractivity contribution in [1.82, 2.24) is 4.90 Å². The van der Waals surface area contributed by atoms with Gasteiger partial charge in [0.2, 0.25) is 5.91 Å². The molecule has 0 saturated carbocycles. The van der Waals surface area contributed by atoms with E-state index in [0.717, 1.165) is 25.9 Å². The van der Waals surface area contributed by atoms with E-state index in [0.29, 0.717) is 17.0 Å². The van der Waals surface area contributed by atoms with Gasteiger partial charge in [-0.15, -0.1) is 0 Å². The van der Waals surface area contributed by atoms with Crippen LogP contribution in [0.25, 0.3) is 0 Å². The van der Waals surface area contributed by atoms with Gasteiger partial charge in [0.15, 0.2) is 11.9 Å². The maximum atomic E-state index is 12.5. The molecule has 1 aliphatic rings. The number of nitrogens with zero attached hydrogens (tertiary/aromatic N) is 2. The molecule has 0 N–H and O–H groups in total. The van der Waals surface area contributed by atoms with Crippen molar-refractivity contribution in [3.8, 4) is 5.75 Å². The highest BCUT2D eigenvalue weighted by atomic mass is 16.5. The Bertz CT molecular complexity index is 680. The van der Waals surface area contributed by atoms with Gasteiger partial charge in [-0.25, -0.2) is 0 Å². The van der Waals surface area contributed by atoms with Gasteiger partial charge in [-0.3, -0.25) is 14.4 Å². The number of likely N-dealkylation sites (N-methyl/N-ethyl adjacent to an activating group) is 1. The smallest absolute Gasteiger partial charge is 0.267 e. The highest BCUT2D eigenvalue weighted by Crippen LogP contribution is 2.34. The third kappa shape index (κ3) is 4.42. The molecule has 1 unspecified atom stereocenters. The van der Waals surface area contributed by atoms with E-state index in [-0.39, 0.29) is 30.4 Å². The zero-order valence-corrected chi connectivity index (χ0v) is 16.1. The van der Waals surface area contributed by atoms with Gasteiger partial charge < -0.3 is 14.5 Å². The minimum Gasteiger partial charge on any atom is -0.479 e. The number of amides is 2. The second-order valence-electron chi connectivity index (χ2n) is 6.64. The average molecular weight is 360 g/mol. The fourth-order valence-electron chi connectivity index (χ4n) is 3.11.